The predicted molar refractivity (Wildman–Crippen MR) is 96.1 cm³/mol. The van der Waals surface area contributed by atoms with Gasteiger partial charge in [0.25, 0.3) is 5.91 Å². The van der Waals surface area contributed by atoms with E-state index in [1.807, 2.05) is 27.7 Å². The summed E-state index contributed by atoms with van der Waals surface area (Å²) < 4.78 is 0. The number of urea groups is 1. The summed E-state index contributed by atoms with van der Waals surface area (Å²) in [4.78, 5) is 38.4. The van der Waals surface area contributed by atoms with Crippen molar-refractivity contribution in [3.8, 4) is 0 Å². The van der Waals surface area contributed by atoms with E-state index in [1.54, 1.807) is 24.3 Å². The molecule has 7 heteroatoms. The third-order valence-electron chi connectivity index (χ3n) is 4.73. The van der Waals surface area contributed by atoms with Crippen molar-refractivity contribution in [2.45, 2.75) is 45.7 Å². The molecular weight excluding hydrogens is 342 g/mol. The van der Waals surface area contributed by atoms with Crippen molar-refractivity contribution in [1.29, 1.82) is 0 Å². The van der Waals surface area contributed by atoms with Crippen LogP contribution < -0.4 is 10.6 Å². The molecule has 2 N–H and O–H groups in total. The Balaban J connectivity index is 2.20. The number of rotatable bonds is 6. The van der Waals surface area contributed by atoms with Gasteiger partial charge < -0.3 is 10.6 Å². The van der Waals surface area contributed by atoms with Gasteiger partial charge in [0.05, 0.1) is 0 Å². The van der Waals surface area contributed by atoms with Gasteiger partial charge in [0.1, 0.15) is 12.1 Å². The molecule has 1 heterocycles. The van der Waals surface area contributed by atoms with E-state index in [2.05, 4.69) is 10.6 Å². The largest absolute Gasteiger partial charge is 0.352 e. The van der Waals surface area contributed by atoms with Crippen LogP contribution in [0.15, 0.2) is 24.3 Å². The lowest BCUT2D eigenvalue weighted by Gasteiger charge is -2.26. The normalized spacial score (nSPS) is 21.4. The van der Waals surface area contributed by atoms with Crippen molar-refractivity contribution >= 4 is 29.4 Å². The number of carbonyl (C=O) groups excluding carboxylic acids is 3. The van der Waals surface area contributed by atoms with Crippen molar-refractivity contribution in [2.24, 2.45) is 5.92 Å². The van der Waals surface area contributed by atoms with Crippen LogP contribution in [0, 0.1) is 5.92 Å². The first-order valence-electron chi connectivity index (χ1n) is 8.40. The molecule has 4 amide bonds. The summed E-state index contributed by atoms with van der Waals surface area (Å²) in [6, 6.07) is 6.18. The fourth-order valence-corrected chi connectivity index (χ4v) is 2.88. The van der Waals surface area contributed by atoms with Crippen LogP contribution in [0.1, 0.15) is 39.7 Å². The van der Waals surface area contributed by atoms with Crippen LogP contribution in [0.4, 0.5) is 4.79 Å². The van der Waals surface area contributed by atoms with Crippen LogP contribution in [-0.4, -0.2) is 35.3 Å². The molecule has 0 bridgehead atoms. The van der Waals surface area contributed by atoms with Crippen LogP contribution in [0.2, 0.25) is 5.02 Å². The molecule has 1 aromatic carbocycles. The molecule has 25 heavy (non-hydrogen) atoms. The predicted octanol–water partition coefficient (Wildman–Crippen LogP) is 2.66. The molecule has 1 aliphatic rings. The molecule has 1 aliphatic heterocycles. The molecule has 0 spiro atoms. The van der Waals surface area contributed by atoms with Gasteiger partial charge >= 0.3 is 6.03 Å². The molecule has 6 nitrogen and oxygen atoms in total. The highest BCUT2D eigenvalue weighted by atomic mass is 35.5. The third kappa shape index (κ3) is 3.79. The number of imide groups is 1. The standard InChI is InChI=1S/C18H24ClN3O3/c1-5-18(13-6-8-14(19)9-7-13)16(24)22(17(25)21-18)10-15(23)20-12(4)11(2)3/h6-9,11-12H,5,10H2,1-4H3,(H,20,23)(H,21,25). The van der Waals surface area contributed by atoms with Crippen molar-refractivity contribution in [3.63, 3.8) is 0 Å². The van der Waals surface area contributed by atoms with E-state index in [9.17, 15) is 14.4 Å². The molecule has 1 aromatic rings. The number of nitrogens with one attached hydrogen (secondary N) is 2. The van der Waals surface area contributed by atoms with Crippen molar-refractivity contribution < 1.29 is 14.4 Å². The molecule has 0 saturated carbocycles. The van der Waals surface area contributed by atoms with Crippen molar-refractivity contribution in [3.05, 3.63) is 34.9 Å². The van der Waals surface area contributed by atoms with Gasteiger partial charge in [0.2, 0.25) is 5.91 Å². The van der Waals surface area contributed by atoms with E-state index in [4.69, 9.17) is 11.6 Å². The molecule has 1 saturated heterocycles. The Morgan fingerprint density at radius 3 is 2.36 bits per heavy atom. The zero-order valence-electron chi connectivity index (χ0n) is 14.9. The van der Waals surface area contributed by atoms with E-state index in [0.717, 1.165) is 4.90 Å². The van der Waals surface area contributed by atoms with E-state index in [-0.39, 0.29) is 24.4 Å². The second kappa shape index (κ2) is 7.44. The number of amides is 4. The maximum Gasteiger partial charge on any atom is 0.325 e. The summed E-state index contributed by atoms with van der Waals surface area (Å²) in [5.74, 6) is -0.516. The zero-order chi connectivity index (χ0) is 18.8. The monoisotopic (exact) mass is 365 g/mol. The molecule has 0 aliphatic carbocycles. The number of hydrogen-bond donors (Lipinski definition) is 2. The average molecular weight is 366 g/mol. The highest BCUT2D eigenvalue weighted by Gasteiger charge is 2.51. The third-order valence-corrected chi connectivity index (χ3v) is 4.99. The Labute approximate surface area is 152 Å². The maximum atomic E-state index is 12.9. The number of nitrogens with zero attached hydrogens (tertiary/aromatic N) is 1. The minimum atomic E-state index is -1.16. The molecular formula is C18H24ClN3O3. The zero-order valence-corrected chi connectivity index (χ0v) is 15.7. The number of carbonyl (C=O) groups is 3. The van der Waals surface area contributed by atoms with Gasteiger partial charge in [-0.3, -0.25) is 14.5 Å². The van der Waals surface area contributed by atoms with Crippen molar-refractivity contribution in [2.75, 3.05) is 6.54 Å². The number of hydrogen-bond acceptors (Lipinski definition) is 3. The lowest BCUT2D eigenvalue weighted by Crippen LogP contribution is -2.46. The smallest absolute Gasteiger partial charge is 0.325 e. The summed E-state index contributed by atoms with van der Waals surface area (Å²) in [6.45, 7) is 7.38. The lowest BCUT2D eigenvalue weighted by atomic mass is 9.87. The van der Waals surface area contributed by atoms with Gasteiger partial charge in [-0.1, -0.05) is 44.5 Å². The Morgan fingerprint density at radius 2 is 1.84 bits per heavy atom. The molecule has 0 aromatic heterocycles. The van der Waals surface area contributed by atoms with Crippen molar-refractivity contribution in [1.82, 2.24) is 15.5 Å². The first-order valence-corrected chi connectivity index (χ1v) is 8.78. The summed E-state index contributed by atoms with van der Waals surface area (Å²) in [5, 5.41) is 6.11. The number of benzene rings is 1. The summed E-state index contributed by atoms with van der Waals surface area (Å²) in [5.41, 5.74) is -0.512. The van der Waals surface area contributed by atoms with Crippen LogP contribution in [0.3, 0.4) is 0 Å². The molecule has 2 rings (SSSR count). The van der Waals surface area contributed by atoms with Gasteiger partial charge in [-0.15, -0.1) is 0 Å². The Bertz CT molecular complexity index is 675. The van der Waals surface area contributed by atoms with E-state index in [0.29, 0.717) is 17.0 Å². The number of halogens is 1. The van der Waals surface area contributed by atoms with Crippen LogP contribution in [-0.2, 0) is 15.1 Å². The van der Waals surface area contributed by atoms with Crippen LogP contribution >= 0.6 is 11.6 Å². The van der Waals surface area contributed by atoms with Gasteiger partial charge in [-0.05, 0) is 37.0 Å². The molecule has 2 unspecified atom stereocenters. The van der Waals surface area contributed by atoms with Gasteiger partial charge in [-0.2, -0.15) is 0 Å². The molecule has 136 valence electrons. The summed E-state index contributed by atoms with van der Waals surface area (Å²) >= 11 is 5.91. The van der Waals surface area contributed by atoms with E-state index < -0.39 is 17.5 Å². The molecule has 2 atom stereocenters. The van der Waals surface area contributed by atoms with Gasteiger partial charge in [-0.25, -0.2) is 4.79 Å². The minimum absolute atomic E-state index is 0.0412. The Hall–Kier alpha value is -2.08. The average Bonchev–Trinajstić information content (AvgIpc) is 2.80. The quantitative estimate of drug-likeness (QED) is 0.761. The Morgan fingerprint density at radius 1 is 1.24 bits per heavy atom. The topological polar surface area (TPSA) is 78.5 Å². The maximum absolute atomic E-state index is 12.9. The first-order chi connectivity index (χ1) is 11.7. The second-order valence-electron chi connectivity index (χ2n) is 6.69. The van der Waals surface area contributed by atoms with E-state index >= 15 is 0 Å². The fourth-order valence-electron chi connectivity index (χ4n) is 2.75. The SMILES string of the molecule is CCC1(c2ccc(Cl)cc2)NC(=O)N(CC(=O)NC(C)C(C)C)C1=O. The lowest BCUT2D eigenvalue weighted by molar-refractivity contribution is -0.135. The summed E-state index contributed by atoms with van der Waals surface area (Å²) in [6.07, 6.45) is 0.375. The summed E-state index contributed by atoms with van der Waals surface area (Å²) in [7, 11) is 0. The highest BCUT2D eigenvalue weighted by Crippen LogP contribution is 2.32. The molecule has 1 fully saturated rings. The second-order valence-corrected chi connectivity index (χ2v) is 7.12. The fraction of sp³-hybridized carbons (Fsp3) is 0.500. The first kappa shape index (κ1) is 19.2. The highest BCUT2D eigenvalue weighted by molar-refractivity contribution is 6.30. The molecule has 0 radical (unpaired) electrons. The van der Waals surface area contributed by atoms with Gasteiger partial charge in [0.15, 0.2) is 0 Å². The van der Waals surface area contributed by atoms with Crippen LogP contribution in [0.25, 0.3) is 0 Å². The van der Waals surface area contributed by atoms with E-state index in [1.165, 1.54) is 0 Å². The minimum Gasteiger partial charge on any atom is -0.352 e. The Kier molecular flexibility index (Phi) is 5.72. The van der Waals surface area contributed by atoms with Crippen LogP contribution in [0.5, 0.6) is 0 Å². The van der Waals surface area contributed by atoms with Gasteiger partial charge in [0, 0.05) is 11.1 Å².